The van der Waals surface area contributed by atoms with E-state index in [1.54, 1.807) is 0 Å². The topological polar surface area (TPSA) is 120 Å². The van der Waals surface area contributed by atoms with E-state index in [9.17, 15) is 14.4 Å². The maximum absolute atomic E-state index is 11.0. The van der Waals surface area contributed by atoms with Gasteiger partial charge in [-0.2, -0.15) is 5.10 Å². The van der Waals surface area contributed by atoms with E-state index in [0.717, 1.165) is 0 Å². The molecule has 8 heteroatoms. The number of nitrogens with one attached hydrogen (secondary N) is 1. The van der Waals surface area contributed by atoms with Crippen molar-refractivity contribution in [3.63, 3.8) is 0 Å². The summed E-state index contributed by atoms with van der Waals surface area (Å²) >= 11 is 0. The van der Waals surface area contributed by atoms with Gasteiger partial charge in [0, 0.05) is 0 Å². The number of carbonyl (C=O) groups excluding carboxylic acids is 3. The summed E-state index contributed by atoms with van der Waals surface area (Å²) in [5.74, 6) is -0.971. The summed E-state index contributed by atoms with van der Waals surface area (Å²) in [6.45, 7) is 0. The first-order chi connectivity index (χ1) is 7.99. The smallest absolute Gasteiger partial charge is 0.332 e. The highest BCUT2D eigenvalue weighted by molar-refractivity contribution is 6.00. The molecule has 0 aliphatic rings. The Balaban J connectivity index is 4.39. The molecule has 0 fully saturated rings. The summed E-state index contributed by atoms with van der Waals surface area (Å²) in [4.78, 5) is 32.4. The lowest BCUT2D eigenvalue weighted by Gasteiger charge is -2.04. The van der Waals surface area contributed by atoms with E-state index in [2.05, 4.69) is 14.6 Å². The standard InChI is InChI=1S/C9H15N3O5/c1-16-7(13)4-3-6(5-8(14)17-2)11-12-9(10)15/h3-5H2,1-2H3,(H3,10,12,15)/b11-6+. The molecule has 0 aromatic carbocycles. The number of carbonyl (C=O) groups is 3. The van der Waals surface area contributed by atoms with Crippen molar-refractivity contribution in [3.05, 3.63) is 0 Å². The summed E-state index contributed by atoms with van der Waals surface area (Å²) in [6, 6.07) is -0.856. The van der Waals surface area contributed by atoms with Crippen LogP contribution in [-0.4, -0.2) is 37.9 Å². The summed E-state index contributed by atoms with van der Waals surface area (Å²) in [6.07, 6.45) is 0.0859. The molecular formula is C9H15N3O5. The maximum atomic E-state index is 11.0. The van der Waals surface area contributed by atoms with Gasteiger partial charge in [0.1, 0.15) is 0 Å². The molecule has 2 amide bonds. The van der Waals surface area contributed by atoms with Gasteiger partial charge < -0.3 is 15.2 Å². The van der Waals surface area contributed by atoms with Gasteiger partial charge in [-0.15, -0.1) is 0 Å². The van der Waals surface area contributed by atoms with Crippen molar-refractivity contribution in [2.24, 2.45) is 10.8 Å². The molecule has 96 valence electrons. The lowest BCUT2D eigenvalue weighted by Crippen LogP contribution is -2.26. The van der Waals surface area contributed by atoms with Gasteiger partial charge in [-0.1, -0.05) is 0 Å². The number of nitrogens with two attached hydrogens (primary N) is 1. The molecule has 0 aliphatic carbocycles. The van der Waals surface area contributed by atoms with Crippen molar-refractivity contribution >= 4 is 23.7 Å². The fraction of sp³-hybridized carbons (Fsp3) is 0.556. The number of hydrazone groups is 1. The SMILES string of the molecule is COC(=O)CC/C(CC(=O)OC)=N\NC(N)=O. The zero-order valence-electron chi connectivity index (χ0n) is 9.69. The lowest BCUT2D eigenvalue weighted by molar-refractivity contribution is -0.141. The average molecular weight is 245 g/mol. The molecule has 0 bridgehead atoms. The number of rotatable bonds is 6. The van der Waals surface area contributed by atoms with Crippen molar-refractivity contribution < 1.29 is 23.9 Å². The zero-order chi connectivity index (χ0) is 13.3. The van der Waals surface area contributed by atoms with Gasteiger partial charge in [-0.05, 0) is 6.42 Å². The molecule has 0 spiro atoms. The van der Waals surface area contributed by atoms with Gasteiger partial charge in [0.25, 0.3) is 0 Å². The molecule has 0 aromatic heterocycles. The Labute approximate surface area is 98.1 Å². The molecule has 0 heterocycles. The van der Waals surface area contributed by atoms with E-state index >= 15 is 0 Å². The van der Waals surface area contributed by atoms with Gasteiger partial charge in [0.05, 0.1) is 32.8 Å². The first-order valence-corrected chi connectivity index (χ1v) is 4.74. The van der Waals surface area contributed by atoms with Crippen LogP contribution in [0.25, 0.3) is 0 Å². The monoisotopic (exact) mass is 245 g/mol. The van der Waals surface area contributed by atoms with E-state index < -0.39 is 18.0 Å². The Morgan fingerprint density at radius 3 is 2.18 bits per heavy atom. The van der Waals surface area contributed by atoms with Crippen molar-refractivity contribution in [1.82, 2.24) is 5.43 Å². The first kappa shape index (κ1) is 14.9. The van der Waals surface area contributed by atoms with E-state index in [4.69, 9.17) is 5.73 Å². The molecule has 0 rings (SSSR count). The fourth-order valence-electron chi connectivity index (χ4n) is 0.905. The van der Waals surface area contributed by atoms with E-state index in [0.29, 0.717) is 0 Å². The van der Waals surface area contributed by atoms with Crippen LogP contribution in [0.3, 0.4) is 0 Å². The van der Waals surface area contributed by atoms with Crippen molar-refractivity contribution in [2.75, 3.05) is 14.2 Å². The molecular weight excluding hydrogens is 230 g/mol. The number of methoxy groups -OCH3 is 2. The quantitative estimate of drug-likeness (QED) is 0.372. The Kier molecular flexibility index (Phi) is 7.07. The average Bonchev–Trinajstić information content (AvgIpc) is 2.31. The molecule has 0 aromatic rings. The Morgan fingerprint density at radius 2 is 1.71 bits per heavy atom. The number of amides is 2. The maximum Gasteiger partial charge on any atom is 0.332 e. The molecule has 8 nitrogen and oxygen atoms in total. The molecule has 0 unspecified atom stereocenters. The van der Waals surface area contributed by atoms with Crippen LogP contribution in [0.15, 0.2) is 5.10 Å². The minimum atomic E-state index is -0.856. The molecule has 0 aliphatic heterocycles. The van der Waals surface area contributed by atoms with Gasteiger partial charge in [-0.25, -0.2) is 10.2 Å². The second-order valence-electron chi connectivity index (χ2n) is 2.98. The van der Waals surface area contributed by atoms with Crippen LogP contribution < -0.4 is 11.2 Å². The lowest BCUT2D eigenvalue weighted by atomic mass is 10.1. The van der Waals surface area contributed by atoms with Gasteiger partial charge in [-0.3, -0.25) is 9.59 Å². The van der Waals surface area contributed by atoms with Crippen LogP contribution in [0.5, 0.6) is 0 Å². The van der Waals surface area contributed by atoms with Crippen LogP contribution in [0.1, 0.15) is 19.3 Å². The Morgan fingerprint density at radius 1 is 1.12 bits per heavy atom. The van der Waals surface area contributed by atoms with E-state index in [1.807, 2.05) is 5.43 Å². The first-order valence-electron chi connectivity index (χ1n) is 4.74. The van der Waals surface area contributed by atoms with Crippen LogP contribution in [0.4, 0.5) is 4.79 Å². The second-order valence-corrected chi connectivity index (χ2v) is 2.98. The number of esters is 2. The predicted octanol–water partition coefficient (Wildman–Crippen LogP) is -0.473. The molecule has 0 saturated heterocycles. The highest BCUT2D eigenvalue weighted by Gasteiger charge is 2.11. The van der Waals surface area contributed by atoms with Crippen LogP contribution in [0.2, 0.25) is 0 Å². The Hall–Kier alpha value is -2.12. The van der Waals surface area contributed by atoms with Crippen LogP contribution in [-0.2, 0) is 19.1 Å². The van der Waals surface area contributed by atoms with Gasteiger partial charge in [0.15, 0.2) is 0 Å². The highest BCUT2D eigenvalue weighted by atomic mass is 16.5. The highest BCUT2D eigenvalue weighted by Crippen LogP contribution is 2.00. The molecule has 3 N–H and O–H groups in total. The third-order valence-corrected chi connectivity index (χ3v) is 1.75. The third kappa shape index (κ3) is 7.77. The summed E-state index contributed by atoms with van der Waals surface area (Å²) in [5, 5.41) is 3.60. The largest absolute Gasteiger partial charge is 0.469 e. The predicted molar refractivity (Wildman–Crippen MR) is 58.0 cm³/mol. The fourth-order valence-corrected chi connectivity index (χ4v) is 0.905. The van der Waals surface area contributed by atoms with E-state index in [1.165, 1.54) is 14.2 Å². The van der Waals surface area contributed by atoms with Crippen LogP contribution in [0, 0.1) is 0 Å². The zero-order valence-corrected chi connectivity index (χ0v) is 9.69. The van der Waals surface area contributed by atoms with Crippen LogP contribution >= 0.6 is 0 Å². The normalized spacial score (nSPS) is 10.6. The van der Waals surface area contributed by atoms with Gasteiger partial charge >= 0.3 is 18.0 Å². The molecule has 0 atom stereocenters. The number of urea groups is 1. The van der Waals surface area contributed by atoms with Crippen molar-refractivity contribution in [1.29, 1.82) is 0 Å². The minimum absolute atomic E-state index is 0.0484. The number of hydrogen-bond acceptors (Lipinski definition) is 6. The summed E-state index contributed by atoms with van der Waals surface area (Å²) in [7, 11) is 2.48. The molecule has 0 saturated carbocycles. The second kappa shape index (κ2) is 8.08. The molecule has 0 radical (unpaired) electrons. The third-order valence-electron chi connectivity index (χ3n) is 1.75. The number of primary amides is 1. The molecule has 17 heavy (non-hydrogen) atoms. The van der Waals surface area contributed by atoms with E-state index in [-0.39, 0.29) is 25.0 Å². The summed E-state index contributed by atoms with van der Waals surface area (Å²) in [5.41, 5.74) is 7.08. The van der Waals surface area contributed by atoms with Crippen molar-refractivity contribution in [2.45, 2.75) is 19.3 Å². The number of hydrogen-bond donors (Lipinski definition) is 2. The summed E-state index contributed by atoms with van der Waals surface area (Å²) < 4.78 is 8.88. The Bertz CT molecular complexity index is 327. The number of nitrogens with zero attached hydrogens (tertiary/aromatic N) is 1. The van der Waals surface area contributed by atoms with Crippen molar-refractivity contribution in [3.8, 4) is 0 Å². The van der Waals surface area contributed by atoms with Gasteiger partial charge in [0.2, 0.25) is 0 Å². The number of ether oxygens (including phenoxy) is 2. The minimum Gasteiger partial charge on any atom is -0.469 e.